The SMILES string of the molecule is CC1=CC2ON(C)C(=O)C2C=C1. The van der Waals surface area contributed by atoms with Crippen molar-refractivity contribution in [3.8, 4) is 0 Å². The van der Waals surface area contributed by atoms with Crippen LogP contribution in [0.4, 0.5) is 0 Å². The number of carbonyl (C=O) groups excluding carboxylic acids is 1. The summed E-state index contributed by atoms with van der Waals surface area (Å²) < 4.78 is 0. The molecule has 12 heavy (non-hydrogen) atoms. The lowest BCUT2D eigenvalue weighted by Gasteiger charge is -2.12. The highest BCUT2D eigenvalue weighted by molar-refractivity contribution is 5.82. The highest BCUT2D eigenvalue weighted by atomic mass is 16.7. The third-order valence-electron chi connectivity index (χ3n) is 2.22. The Morgan fingerprint density at radius 2 is 2.33 bits per heavy atom. The minimum absolute atomic E-state index is 0.0417. The van der Waals surface area contributed by atoms with Crippen molar-refractivity contribution in [3.63, 3.8) is 0 Å². The largest absolute Gasteiger partial charge is 0.272 e. The third kappa shape index (κ3) is 0.975. The molecular weight excluding hydrogens is 154 g/mol. The second kappa shape index (κ2) is 2.45. The molecule has 2 atom stereocenters. The Bertz CT molecular complexity index is 280. The molecule has 1 fully saturated rings. The molecule has 1 saturated heterocycles. The minimum Gasteiger partial charge on any atom is -0.272 e. The lowest BCUT2D eigenvalue weighted by atomic mass is 9.95. The molecule has 0 spiro atoms. The Hall–Kier alpha value is -1.09. The Morgan fingerprint density at radius 1 is 1.58 bits per heavy atom. The summed E-state index contributed by atoms with van der Waals surface area (Å²) >= 11 is 0. The first-order chi connectivity index (χ1) is 5.68. The maximum absolute atomic E-state index is 11.4. The van der Waals surface area contributed by atoms with E-state index in [-0.39, 0.29) is 17.9 Å². The topological polar surface area (TPSA) is 29.5 Å². The number of carbonyl (C=O) groups is 1. The highest BCUT2D eigenvalue weighted by Gasteiger charge is 2.38. The standard InChI is InChI=1S/C9H11NO2/c1-6-3-4-7-8(5-6)12-10(2)9(7)11/h3-5,7-8H,1-2H3. The van der Waals surface area contributed by atoms with Crippen LogP contribution in [0.15, 0.2) is 23.8 Å². The number of nitrogens with zero attached hydrogens (tertiary/aromatic N) is 1. The summed E-state index contributed by atoms with van der Waals surface area (Å²) in [7, 11) is 1.65. The Morgan fingerprint density at radius 3 is 3.08 bits per heavy atom. The van der Waals surface area contributed by atoms with Gasteiger partial charge < -0.3 is 0 Å². The monoisotopic (exact) mass is 165 g/mol. The molecule has 0 aromatic heterocycles. The molecule has 0 N–H and O–H groups in total. The molecular formula is C9H11NO2. The van der Waals surface area contributed by atoms with Crippen LogP contribution >= 0.6 is 0 Å². The number of amides is 1. The van der Waals surface area contributed by atoms with E-state index in [1.165, 1.54) is 5.06 Å². The van der Waals surface area contributed by atoms with Gasteiger partial charge in [-0.2, -0.15) is 0 Å². The van der Waals surface area contributed by atoms with Crippen LogP contribution in [0.25, 0.3) is 0 Å². The van der Waals surface area contributed by atoms with Crippen LogP contribution in [-0.4, -0.2) is 24.1 Å². The van der Waals surface area contributed by atoms with Crippen LogP contribution in [-0.2, 0) is 9.63 Å². The van der Waals surface area contributed by atoms with Crippen LogP contribution in [0, 0.1) is 5.92 Å². The molecule has 0 radical (unpaired) electrons. The van der Waals surface area contributed by atoms with Crippen molar-refractivity contribution in [3.05, 3.63) is 23.8 Å². The van der Waals surface area contributed by atoms with Crippen LogP contribution in [0.2, 0.25) is 0 Å². The average Bonchev–Trinajstić information content (AvgIpc) is 2.28. The summed E-state index contributed by atoms with van der Waals surface area (Å²) in [5.41, 5.74) is 1.15. The third-order valence-corrected chi connectivity index (χ3v) is 2.22. The van der Waals surface area contributed by atoms with Gasteiger partial charge in [-0.1, -0.05) is 17.7 Å². The molecule has 2 unspecified atom stereocenters. The zero-order valence-electron chi connectivity index (χ0n) is 7.15. The summed E-state index contributed by atoms with van der Waals surface area (Å²) in [6.07, 6.45) is 5.77. The van der Waals surface area contributed by atoms with Gasteiger partial charge in [0.1, 0.15) is 6.10 Å². The van der Waals surface area contributed by atoms with Crippen LogP contribution in [0.3, 0.4) is 0 Å². The van der Waals surface area contributed by atoms with Crippen molar-refractivity contribution in [2.45, 2.75) is 13.0 Å². The maximum atomic E-state index is 11.4. The Balaban J connectivity index is 2.28. The molecule has 2 aliphatic rings. The molecule has 0 bridgehead atoms. The van der Waals surface area contributed by atoms with Gasteiger partial charge in [-0.15, -0.1) is 0 Å². The van der Waals surface area contributed by atoms with E-state index in [9.17, 15) is 4.79 Å². The second-order valence-electron chi connectivity index (χ2n) is 3.20. The Labute approximate surface area is 71.3 Å². The summed E-state index contributed by atoms with van der Waals surface area (Å²) in [6.45, 7) is 2.00. The van der Waals surface area contributed by atoms with Gasteiger partial charge in [0.15, 0.2) is 0 Å². The fraction of sp³-hybridized carbons (Fsp3) is 0.444. The summed E-state index contributed by atoms with van der Waals surface area (Å²) in [4.78, 5) is 16.7. The lowest BCUT2D eigenvalue weighted by molar-refractivity contribution is -0.159. The fourth-order valence-electron chi connectivity index (χ4n) is 1.55. The first kappa shape index (κ1) is 7.55. The van der Waals surface area contributed by atoms with E-state index >= 15 is 0 Å². The zero-order chi connectivity index (χ0) is 8.72. The number of fused-ring (bicyclic) bond motifs is 1. The van der Waals surface area contributed by atoms with E-state index < -0.39 is 0 Å². The van der Waals surface area contributed by atoms with Gasteiger partial charge in [0.05, 0.1) is 5.92 Å². The van der Waals surface area contributed by atoms with Crippen molar-refractivity contribution in [2.24, 2.45) is 5.92 Å². The molecule has 64 valence electrons. The molecule has 0 aromatic carbocycles. The van der Waals surface area contributed by atoms with Gasteiger partial charge in [0.25, 0.3) is 5.91 Å². The molecule has 1 aliphatic heterocycles. The molecule has 3 heteroatoms. The Kier molecular flexibility index (Phi) is 1.54. The predicted molar refractivity (Wildman–Crippen MR) is 44.0 cm³/mol. The van der Waals surface area contributed by atoms with E-state index in [4.69, 9.17) is 4.84 Å². The van der Waals surface area contributed by atoms with Gasteiger partial charge in [-0.3, -0.25) is 9.63 Å². The van der Waals surface area contributed by atoms with Crippen LogP contribution in [0.1, 0.15) is 6.92 Å². The summed E-state index contributed by atoms with van der Waals surface area (Å²) in [5.74, 6) is -0.0568. The van der Waals surface area contributed by atoms with Gasteiger partial charge >= 0.3 is 0 Å². The van der Waals surface area contributed by atoms with Crippen molar-refractivity contribution in [1.82, 2.24) is 5.06 Å². The van der Waals surface area contributed by atoms with E-state index in [0.717, 1.165) is 5.57 Å². The number of hydrogen-bond acceptors (Lipinski definition) is 2. The molecule has 0 aromatic rings. The van der Waals surface area contributed by atoms with Crippen LogP contribution < -0.4 is 0 Å². The first-order valence-corrected chi connectivity index (χ1v) is 3.99. The van der Waals surface area contributed by atoms with Gasteiger partial charge in [0.2, 0.25) is 0 Å². The minimum atomic E-state index is -0.0984. The molecule has 0 saturated carbocycles. The van der Waals surface area contributed by atoms with Gasteiger partial charge in [-0.05, 0) is 13.0 Å². The summed E-state index contributed by atoms with van der Waals surface area (Å²) in [5, 5.41) is 1.31. The van der Waals surface area contributed by atoms with Crippen molar-refractivity contribution >= 4 is 5.91 Å². The molecule has 1 aliphatic carbocycles. The van der Waals surface area contributed by atoms with Gasteiger partial charge in [-0.25, -0.2) is 5.06 Å². The zero-order valence-corrected chi connectivity index (χ0v) is 7.15. The quantitative estimate of drug-likeness (QED) is 0.533. The van der Waals surface area contributed by atoms with E-state index in [0.29, 0.717) is 0 Å². The van der Waals surface area contributed by atoms with E-state index in [1.807, 2.05) is 25.2 Å². The second-order valence-corrected chi connectivity index (χ2v) is 3.20. The lowest BCUT2D eigenvalue weighted by Crippen LogP contribution is -2.21. The van der Waals surface area contributed by atoms with Crippen molar-refractivity contribution in [1.29, 1.82) is 0 Å². The molecule has 3 nitrogen and oxygen atoms in total. The normalized spacial score (nSPS) is 33.7. The maximum Gasteiger partial charge on any atom is 0.255 e. The summed E-state index contributed by atoms with van der Waals surface area (Å²) in [6, 6.07) is 0. The molecule has 2 rings (SSSR count). The van der Waals surface area contributed by atoms with E-state index in [1.54, 1.807) is 7.05 Å². The fourth-order valence-corrected chi connectivity index (χ4v) is 1.55. The predicted octanol–water partition coefficient (Wildman–Crippen LogP) is 0.891. The van der Waals surface area contributed by atoms with Gasteiger partial charge in [0, 0.05) is 7.05 Å². The average molecular weight is 165 g/mol. The highest BCUT2D eigenvalue weighted by Crippen LogP contribution is 2.27. The van der Waals surface area contributed by atoms with E-state index in [2.05, 4.69) is 0 Å². The number of rotatable bonds is 0. The first-order valence-electron chi connectivity index (χ1n) is 3.99. The number of hydrogen-bond donors (Lipinski definition) is 0. The number of hydroxylamine groups is 2. The molecule has 1 amide bonds. The molecule has 1 heterocycles. The van der Waals surface area contributed by atoms with Crippen molar-refractivity contribution in [2.75, 3.05) is 7.05 Å². The van der Waals surface area contributed by atoms with Crippen molar-refractivity contribution < 1.29 is 9.63 Å². The number of allylic oxidation sites excluding steroid dienone is 2. The van der Waals surface area contributed by atoms with Crippen LogP contribution in [0.5, 0.6) is 0 Å². The smallest absolute Gasteiger partial charge is 0.255 e.